The molecule has 0 unspecified atom stereocenters. The Labute approximate surface area is 103 Å². The quantitative estimate of drug-likeness (QED) is 0.680. The van der Waals surface area contributed by atoms with Gasteiger partial charge in [0.1, 0.15) is 0 Å². The molecule has 2 aliphatic heterocycles. The molecular weight excluding hydrogens is 196 g/mol. The fourth-order valence-electron chi connectivity index (χ4n) is 2.76. The second kappa shape index (κ2) is 8.08. The van der Waals surface area contributed by atoms with Gasteiger partial charge in [-0.1, -0.05) is 34.6 Å². The summed E-state index contributed by atoms with van der Waals surface area (Å²) < 4.78 is 0. The molecule has 0 aromatic carbocycles. The molecule has 0 bridgehead atoms. The van der Waals surface area contributed by atoms with Gasteiger partial charge in [-0.25, -0.2) is 0 Å². The van der Waals surface area contributed by atoms with Gasteiger partial charge < -0.3 is 9.80 Å². The number of likely N-dealkylation sites (tertiary alicyclic amines) is 2. The predicted octanol–water partition coefficient (Wildman–Crippen LogP) is 3.09. The molecule has 2 heteroatoms. The first kappa shape index (κ1) is 15.9. The highest BCUT2D eigenvalue weighted by Gasteiger charge is 2.42. The maximum absolute atomic E-state index is 2.57. The Kier molecular flexibility index (Phi) is 8.04. The van der Waals surface area contributed by atoms with E-state index in [-0.39, 0.29) is 0 Å². The van der Waals surface area contributed by atoms with Gasteiger partial charge in [0.15, 0.2) is 0 Å². The van der Waals surface area contributed by atoms with Gasteiger partial charge in [-0.15, -0.1) is 0 Å². The van der Waals surface area contributed by atoms with Crippen LogP contribution in [0.3, 0.4) is 0 Å². The molecule has 0 saturated carbocycles. The fraction of sp³-hybridized carbons (Fsp3) is 1.00. The zero-order valence-electron chi connectivity index (χ0n) is 12.3. The van der Waals surface area contributed by atoms with Crippen molar-refractivity contribution >= 4 is 0 Å². The number of rotatable bonds is 1. The van der Waals surface area contributed by atoms with Gasteiger partial charge in [0.05, 0.1) is 0 Å². The van der Waals surface area contributed by atoms with E-state index in [4.69, 9.17) is 0 Å². The van der Waals surface area contributed by atoms with Crippen LogP contribution in [0, 0.1) is 5.41 Å². The Hall–Kier alpha value is -0.0800. The van der Waals surface area contributed by atoms with Crippen LogP contribution in [0.5, 0.6) is 0 Å². The van der Waals surface area contributed by atoms with Gasteiger partial charge in [0.2, 0.25) is 0 Å². The summed E-state index contributed by atoms with van der Waals surface area (Å²) in [6.07, 6.45) is 2.87. The van der Waals surface area contributed by atoms with E-state index < -0.39 is 0 Å². The Balaban J connectivity index is 0.000000509. The molecule has 2 heterocycles. The summed E-state index contributed by atoms with van der Waals surface area (Å²) in [6.45, 7) is 16.9. The van der Waals surface area contributed by atoms with Crippen LogP contribution in [-0.4, -0.2) is 49.6 Å². The molecule has 2 nitrogen and oxygen atoms in total. The molecule has 1 spiro atoms. The van der Waals surface area contributed by atoms with E-state index in [0.29, 0.717) is 0 Å². The lowest BCUT2D eigenvalue weighted by molar-refractivity contribution is -0.0302. The average molecular weight is 228 g/mol. The second-order valence-electron chi connectivity index (χ2n) is 4.61. The Morgan fingerprint density at radius 2 is 1.38 bits per heavy atom. The highest BCUT2D eigenvalue weighted by molar-refractivity contribution is 4.96. The summed E-state index contributed by atoms with van der Waals surface area (Å²) in [5.74, 6) is 0. The summed E-state index contributed by atoms with van der Waals surface area (Å²) >= 11 is 0. The molecule has 0 radical (unpaired) electrons. The van der Waals surface area contributed by atoms with Crippen LogP contribution in [0.15, 0.2) is 0 Å². The van der Waals surface area contributed by atoms with Crippen molar-refractivity contribution in [1.29, 1.82) is 0 Å². The van der Waals surface area contributed by atoms with Crippen LogP contribution in [0.4, 0.5) is 0 Å². The molecule has 0 aliphatic carbocycles. The first-order chi connectivity index (χ1) is 7.74. The molecule has 98 valence electrons. The van der Waals surface area contributed by atoms with Crippen LogP contribution >= 0.6 is 0 Å². The monoisotopic (exact) mass is 228 g/mol. The maximum atomic E-state index is 2.57. The third-order valence-corrected chi connectivity index (χ3v) is 3.57. The van der Waals surface area contributed by atoms with Gasteiger partial charge in [-0.05, 0) is 44.9 Å². The Morgan fingerprint density at radius 3 is 1.69 bits per heavy atom. The van der Waals surface area contributed by atoms with Crippen molar-refractivity contribution < 1.29 is 0 Å². The zero-order valence-corrected chi connectivity index (χ0v) is 12.3. The zero-order chi connectivity index (χ0) is 12.6. The number of nitrogens with zero attached hydrogens (tertiary/aromatic N) is 2. The fourth-order valence-corrected chi connectivity index (χ4v) is 2.76. The summed E-state index contributed by atoms with van der Waals surface area (Å²) in [6, 6.07) is 0. The van der Waals surface area contributed by atoms with Gasteiger partial charge >= 0.3 is 0 Å². The first-order valence-corrected chi connectivity index (χ1v) is 7.15. The highest BCUT2D eigenvalue weighted by Crippen LogP contribution is 2.39. The van der Waals surface area contributed by atoms with Gasteiger partial charge in [0, 0.05) is 13.1 Å². The average Bonchev–Trinajstić information content (AvgIpc) is 2.34. The number of piperidine rings is 1. The summed E-state index contributed by atoms with van der Waals surface area (Å²) in [4.78, 5) is 5.02. The molecule has 0 N–H and O–H groups in total. The van der Waals surface area contributed by atoms with E-state index in [0.717, 1.165) is 5.41 Å². The molecular formula is C14H32N2. The maximum Gasteiger partial charge on any atom is 0.00484 e. The standard InChI is InChI=1S/C10H20N2.2C2H6/c1-3-12-6-4-10(5-7-12)8-11(2)9-10;2*1-2/h3-9H2,1-2H3;2*1-2H3. The topological polar surface area (TPSA) is 6.48 Å². The van der Waals surface area contributed by atoms with Crippen molar-refractivity contribution in [2.75, 3.05) is 39.8 Å². The van der Waals surface area contributed by atoms with Crippen molar-refractivity contribution in [3.8, 4) is 0 Å². The normalized spacial score (nSPS) is 23.6. The lowest BCUT2D eigenvalue weighted by atomic mass is 9.72. The van der Waals surface area contributed by atoms with Crippen molar-refractivity contribution in [1.82, 2.24) is 9.80 Å². The molecule has 2 rings (SSSR count). The van der Waals surface area contributed by atoms with E-state index >= 15 is 0 Å². The van der Waals surface area contributed by atoms with Crippen LogP contribution in [-0.2, 0) is 0 Å². The summed E-state index contributed by atoms with van der Waals surface area (Å²) in [5.41, 5.74) is 0.737. The third-order valence-electron chi connectivity index (χ3n) is 3.57. The molecule has 2 saturated heterocycles. The van der Waals surface area contributed by atoms with Crippen molar-refractivity contribution in [2.45, 2.75) is 47.5 Å². The molecule has 0 aromatic rings. The minimum atomic E-state index is 0.737. The molecule has 0 amide bonds. The second-order valence-corrected chi connectivity index (χ2v) is 4.61. The van der Waals surface area contributed by atoms with Crippen LogP contribution in [0.2, 0.25) is 0 Å². The summed E-state index contributed by atoms with van der Waals surface area (Å²) in [5, 5.41) is 0. The molecule has 2 aliphatic rings. The minimum absolute atomic E-state index is 0.737. The minimum Gasteiger partial charge on any atom is -0.305 e. The van der Waals surface area contributed by atoms with Gasteiger partial charge in [0.25, 0.3) is 0 Å². The SMILES string of the molecule is CC.CC.CCN1CCC2(CC1)CN(C)C2. The van der Waals surface area contributed by atoms with Crippen molar-refractivity contribution in [3.63, 3.8) is 0 Å². The Morgan fingerprint density at radius 1 is 0.938 bits per heavy atom. The van der Waals surface area contributed by atoms with Crippen LogP contribution in [0.1, 0.15) is 47.5 Å². The lowest BCUT2D eigenvalue weighted by Crippen LogP contribution is -2.58. The third kappa shape index (κ3) is 4.06. The number of hydrogen-bond donors (Lipinski definition) is 0. The number of hydrogen-bond acceptors (Lipinski definition) is 2. The summed E-state index contributed by atoms with van der Waals surface area (Å²) in [7, 11) is 2.23. The van der Waals surface area contributed by atoms with Crippen LogP contribution < -0.4 is 0 Å². The molecule has 0 aromatic heterocycles. The van der Waals surface area contributed by atoms with E-state index in [1.165, 1.54) is 45.6 Å². The predicted molar refractivity (Wildman–Crippen MR) is 74.0 cm³/mol. The van der Waals surface area contributed by atoms with E-state index in [1.807, 2.05) is 27.7 Å². The molecule has 16 heavy (non-hydrogen) atoms. The molecule has 2 fully saturated rings. The molecule has 0 atom stereocenters. The van der Waals surface area contributed by atoms with E-state index in [9.17, 15) is 0 Å². The highest BCUT2D eigenvalue weighted by atomic mass is 15.2. The Bertz CT molecular complexity index is 152. The van der Waals surface area contributed by atoms with Crippen molar-refractivity contribution in [3.05, 3.63) is 0 Å². The smallest absolute Gasteiger partial charge is 0.00484 e. The first-order valence-electron chi connectivity index (χ1n) is 7.15. The van der Waals surface area contributed by atoms with Gasteiger partial charge in [-0.3, -0.25) is 0 Å². The lowest BCUT2D eigenvalue weighted by Gasteiger charge is -2.52. The van der Waals surface area contributed by atoms with Crippen molar-refractivity contribution in [2.24, 2.45) is 5.41 Å². The van der Waals surface area contributed by atoms with Gasteiger partial charge in [-0.2, -0.15) is 0 Å². The van der Waals surface area contributed by atoms with E-state index in [2.05, 4.69) is 23.8 Å². The van der Waals surface area contributed by atoms with Crippen LogP contribution in [0.25, 0.3) is 0 Å². The largest absolute Gasteiger partial charge is 0.305 e. The van der Waals surface area contributed by atoms with E-state index in [1.54, 1.807) is 0 Å².